The minimum Gasteiger partial charge on any atom is -0.354 e. The van der Waals surface area contributed by atoms with Crippen molar-refractivity contribution < 1.29 is 4.74 Å². The van der Waals surface area contributed by atoms with Gasteiger partial charge in [-0.1, -0.05) is 6.92 Å². The number of rotatable bonds is 1. The highest BCUT2D eigenvalue weighted by molar-refractivity contribution is 4.99. The topological polar surface area (TPSA) is 24.5 Å². The first-order valence-corrected chi connectivity index (χ1v) is 6.94. The lowest BCUT2D eigenvalue weighted by molar-refractivity contribution is -0.244. The first-order chi connectivity index (χ1) is 7.76. The predicted molar refractivity (Wildman–Crippen MR) is 64.4 cm³/mol. The first-order valence-electron chi connectivity index (χ1n) is 6.94. The Kier molecular flexibility index (Phi) is 2.73. The van der Waals surface area contributed by atoms with Crippen molar-refractivity contribution in [3.05, 3.63) is 0 Å². The highest BCUT2D eigenvalue weighted by Gasteiger charge is 2.49. The summed E-state index contributed by atoms with van der Waals surface area (Å²) < 4.78 is 6.49. The SMILES string of the molecule is CCN1CCC2(CC1)NCCC1(CCC1)O2. The normalized spacial score (nSPS) is 32.8. The second kappa shape index (κ2) is 3.97. The predicted octanol–water partition coefficient (Wildman–Crippen LogP) is 1.73. The molecule has 16 heavy (non-hydrogen) atoms. The Morgan fingerprint density at radius 2 is 1.88 bits per heavy atom. The van der Waals surface area contributed by atoms with Crippen LogP contribution in [0.3, 0.4) is 0 Å². The van der Waals surface area contributed by atoms with Crippen molar-refractivity contribution >= 4 is 0 Å². The molecule has 3 aliphatic rings. The van der Waals surface area contributed by atoms with E-state index in [9.17, 15) is 0 Å². The molecule has 1 saturated carbocycles. The standard InChI is InChI=1S/C13H24N2O/c1-2-15-10-7-13(8-11-15)14-9-6-12(16-13)4-3-5-12/h14H,2-11H2,1H3. The second-order valence-corrected chi connectivity index (χ2v) is 5.74. The van der Waals surface area contributed by atoms with E-state index in [1.54, 1.807) is 0 Å². The molecular formula is C13H24N2O. The minimum atomic E-state index is 0.0321. The Labute approximate surface area is 98.5 Å². The van der Waals surface area contributed by atoms with Gasteiger partial charge in [0.15, 0.2) is 0 Å². The number of nitrogens with zero attached hydrogens (tertiary/aromatic N) is 1. The van der Waals surface area contributed by atoms with Gasteiger partial charge in [-0.3, -0.25) is 5.32 Å². The Morgan fingerprint density at radius 1 is 1.12 bits per heavy atom. The quantitative estimate of drug-likeness (QED) is 0.734. The minimum absolute atomic E-state index is 0.0321. The zero-order valence-corrected chi connectivity index (χ0v) is 10.4. The number of ether oxygens (including phenoxy) is 1. The number of piperidine rings is 1. The second-order valence-electron chi connectivity index (χ2n) is 5.74. The van der Waals surface area contributed by atoms with E-state index in [0.717, 1.165) is 6.54 Å². The van der Waals surface area contributed by atoms with Gasteiger partial charge in [0.05, 0.1) is 5.60 Å². The molecule has 3 fully saturated rings. The molecule has 0 aromatic carbocycles. The molecule has 2 spiro atoms. The third kappa shape index (κ3) is 1.79. The van der Waals surface area contributed by atoms with Crippen molar-refractivity contribution in [3.63, 3.8) is 0 Å². The fourth-order valence-electron chi connectivity index (χ4n) is 3.45. The molecule has 1 N–H and O–H groups in total. The molecule has 3 rings (SSSR count). The Morgan fingerprint density at radius 3 is 2.44 bits per heavy atom. The monoisotopic (exact) mass is 224 g/mol. The summed E-state index contributed by atoms with van der Waals surface area (Å²) in [5, 5.41) is 3.65. The molecule has 1 aliphatic carbocycles. The largest absolute Gasteiger partial charge is 0.354 e. The Bertz CT molecular complexity index is 255. The van der Waals surface area contributed by atoms with Gasteiger partial charge in [0.2, 0.25) is 0 Å². The maximum atomic E-state index is 6.49. The van der Waals surface area contributed by atoms with Crippen molar-refractivity contribution in [2.45, 2.75) is 56.8 Å². The van der Waals surface area contributed by atoms with Gasteiger partial charge < -0.3 is 9.64 Å². The van der Waals surface area contributed by atoms with Crippen LogP contribution in [-0.2, 0) is 4.74 Å². The van der Waals surface area contributed by atoms with E-state index >= 15 is 0 Å². The molecule has 3 nitrogen and oxygen atoms in total. The van der Waals surface area contributed by atoms with Gasteiger partial charge >= 0.3 is 0 Å². The van der Waals surface area contributed by atoms with E-state index in [1.807, 2.05) is 0 Å². The summed E-state index contributed by atoms with van der Waals surface area (Å²) in [6, 6.07) is 0. The van der Waals surface area contributed by atoms with Crippen molar-refractivity contribution in [2.24, 2.45) is 0 Å². The number of hydrogen-bond donors (Lipinski definition) is 1. The maximum Gasteiger partial charge on any atom is 0.122 e. The number of hydrogen-bond acceptors (Lipinski definition) is 3. The molecule has 2 aliphatic heterocycles. The van der Waals surface area contributed by atoms with Crippen molar-refractivity contribution in [3.8, 4) is 0 Å². The maximum absolute atomic E-state index is 6.49. The third-order valence-electron chi connectivity index (χ3n) is 4.82. The van der Waals surface area contributed by atoms with Crippen LogP contribution in [0.15, 0.2) is 0 Å². The highest BCUT2D eigenvalue weighted by Crippen LogP contribution is 2.45. The van der Waals surface area contributed by atoms with Crippen LogP contribution in [-0.4, -0.2) is 42.4 Å². The van der Waals surface area contributed by atoms with Crippen molar-refractivity contribution in [1.29, 1.82) is 0 Å². The van der Waals surface area contributed by atoms with Gasteiger partial charge in [-0.05, 0) is 32.2 Å². The molecular weight excluding hydrogens is 200 g/mol. The summed E-state index contributed by atoms with van der Waals surface area (Å²) in [6.45, 7) is 6.98. The zero-order valence-electron chi connectivity index (χ0n) is 10.4. The summed E-state index contributed by atoms with van der Waals surface area (Å²) in [4.78, 5) is 2.53. The highest BCUT2D eigenvalue weighted by atomic mass is 16.5. The van der Waals surface area contributed by atoms with Crippen molar-refractivity contribution in [1.82, 2.24) is 10.2 Å². The van der Waals surface area contributed by atoms with E-state index in [0.29, 0.717) is 0 Å². The Hall–Kier alpha value is -0.120. The molecule has 92 valence electrons. The van der Waals surface area contributed by atoms with E-state index in [1.165, 1.54) is 58.2 Å². The molecule has 0 bridgehead atoms. The van der Waals surface area contributed by atoms with Gasteiger partial charge in [0.25, 0.3) is 0 Å². The molecule has 0 amide bonds. The fraction of sp³-hybridized carbons (Fsp3) is 1.00. The summed E-state index contributed by atoms with van der Waals surface area (Å²) in [5.74, 6) is 0. The molecule has 0 atom stereocenters. The molecule has 2 saturated heterocycles. The van der Waals surface area contributed by atoms with Gasteiger partial charge in [-0.15, -0.1) is 0 Å². The summed E-state index contributed by atoms with van der Waals surface area (Å²) in [7, 11) is 0. The van der Waals surface area contributed by atoms with Crippen LogP contribution in [0.5, 0.6) is 0 Å². The molecule has 0 aromatic heterocycles. The fourth-order valence-corrected chi connectivity index (χ4v) is 3.45. The third-order valence-corrected chi connectivity index (χ3v) is 4.82. The van der Waals surface area contributed by atoms with Crippen molar-refractivity contribution in [2.75, 3.05) is 26.2 Å². The van der Waals surface area contributed by atoms with Crippen LogP contribution in [0, 0.1) is 0 Å². The average molecular weight is 224 g/mol. The van der Waals surface area contributed by atoms with E-state index in [-0.39, 0.29) is 11.3 Å². The van der Waals surface area contributed by atoms with Crippen LogP contribution >= 0.6 is 0 Å². The number of likely N-dealkylation sites (tertiary alicyclic amines) is 1. The Balaban J connectivity index is 1.65. The smallest absolute Gasteiger partial charge is 0.122 e. The van der Waals surface area contributed by atoms with Gasteiger partial charge in [0.1, 0.15) is 5.72 Å². The van der Waals surface area contributed by atoms with E-state index < -0.39 is 0 Å². The van der Waals surface area contributed by atoms with Crippen LogP contribution in [0.4, 0.5) is 0 Å². The summed E-state index contributed by atoms with van der Waals surface area (Å²) >= 11 is 0. The average Bonchev–Trinajstić information content (AvgIpc) is 2.28. The molecule has 0 radical (unpaired) electrons. The summed E-state index contributed by atoms with van der Waals surface area (Å²) in [6.07, 6.45) is 7.54. The summed E-state index contributed by atoms with van der Waals surface area (Å²) in [5.41, 5.74) is 0.309. The van der Waals surface area contributed by atoms with Crippen LogP contribution in [0.2, 0.25) is 0 Å². The lowest BCUT2D eigenvalue weighted by Crippen LogP contribution is -2.64. The number of nitrogens with one attached hydrogen (secondary N) is 1. The van der Waals surface area contributed by atoms with Crippen LogP contribution < -0.4 is 5.32 Å². The molecule has 0 aromatic rings. The van der Waals surface area contributed by atoms with Gasteiger partial charge in [-0.2, -0.15) is 0 Å². The van der Waals surface area contributed by atoms with Gasteiger partial charge in [-0.25, -0.2) is 0 Å². The molecule has 2 heterocycles. The van der Waals surface area contributed by atoms with E-state index in [4.69, 9.17) is 4.74 Å². The molecule has 3 heteroatoms. The molecule has 0 unspecified atom stereocenters. The van der Waals surface area contributed by atoms with Crippen LogP contribution in [0.25, 0.3) is 0 Å². The van der Waals surface area contributed by atoms with E-state index in [2.05, 4.69) is 17.1 Å². The first kappa shape index (κ1) is 11.0. The van der Waals surface area contributed by atoms with Gasteiger partial charge in [0, 0.05) is 32.5 Å². The van der Waals surface area contributed by atoms with Crippen LogP contribution in [0.1, 0.15) is 45.4 Å². The zero-order chi connectivity index (χ0) is 11.1. The lowest BCUT2D eigenvalue weighted by Gasteiger charge is -2.55. The lowest BCUT2D eigenvalue weighted by atomic mass is 9.75.